The van der Waals surface area contributed by atoms with Gasteiger partial charge in [0.15, 0.2) is 0 Å². The molecule has 0 aromatic heterocycles. The zero-order valence-electron chi connectivity index (χ0n) is 14.2. The lowest BCUT2D eigenvalue weighted by Crippen LogP contribution is -2.23. The molecule has 1 atom stereocenters. The summed E-state index contributed by atoms with van der Waals surface area (Å²) < 4.78 is 5.26. The summed E-state index contributed by atoms with van der Waals surface area (Å²) in [6.07, 6.45) is 6.75. The van der Waals surface area contributed by atoms with Crippen molar-refractivity contribution < 1.29 is 4.74 Å². The minimum atomic E-state index is 0.393. The zero-order chi connectivity index (χ0) is 16.1. The van der Waals surface area contributed by atoms with Crippen molar-refractivity contribution in [2.75, 3.05) is 12.4 Å². The van der Waals surface area contributed by atoms with Crippen LogP contribution in [0.2, 0.25) is 0 Å². The van der Waals surface area contributed by atoms with Crippen LogP contribution in [0.15, 0.2) is 48.5 Å². The highest BCUT2D eigenvalue weighted by molar-refractivity contribution is 5.48. The fourth-order valence-corrected chi connectivity index (χ4v) is 3.58. The van der Waals surface area contributed by atoms with E-state index >= 15 is 0 Å². The summed E-state index contributed by atoms with van der Waals surface area (Å²) in [7, 11) is 1.71. The summed E-state index contributed by atoms with van der Waals surface area (Å²) in [6, 6.07) is 17.7. The van der Waals surface area contributed by atoms with Crippen molar-refractivity contribution in [1.82, 2.24) is 0 Å². The van der Waals surface area contributed by atoms with E-state index in [1.54, 1.807) is 7.11 Å². The Kier molecular flexibility index (Phi) is 5.22. The normalized spacial score (nSPS) is 16.8. The molecule has 2 aromatic rings. The van der Waals surface area contributed by atoms with Crippen molar-refractivity contribution >= 4 is 5.69 Å². The fourth-order valence-electron chi connectivity index (χ4n) is 3.58. The molecular weight excluding hydrogens is 282 g/mol. The molecule has 0 amide bonds. The lowest BCUT2D eigenvalue weighted by Gasteiger charge is -2.32. The maximum absolute atomic E-state index is 5.26. The van der Waals surface area contributed by atoms with Crippen LogP contribution < -0.4 is 10.1 Å². The molecule has 1 saturated carbocycles. The molecule has 2 heteroatoms. The van der Waals surface area contributed by atoms with Crippen LogP contribution in [0.4, 0.5) is 5.69 Å². The number of benzene rings is 2. The third kappa shape index (κ3) is 4.07. The van der Waals surface area contributed by atoms with Crippen molar-refractivity contribution in [3.05, 3.63) is 59.7 Å². The maximum atomic E-state index is 5.26. The van der Waals surface area contributed by atoms with Crippen LogP contribution in [0.5, 0.6) is 5.75 Å². The third-order valence-corrected chi connectivity index (χ3v) is 4.97. The van der Waals surface area contributed by atoms with Crippen molar-refractivity contribution in [2.24, 2.45) is 5.92 Å². The molecule has 122 valence electrons. The Hall–Kier alpha value is -1.96. The molecule has 23 heavy (non-hydrogen) atoms. The highest BCUT2D eigenvalue weighted by Gasteiger charge is 2.25. The van der Waals surface area contributed by atoms with Gasteiger partial charge in [-0.25, -0.2) is 0 Å². The molecule has 1 fully saturated rings. The summed E-state index contributed by atoms with van der Waals surface area (Å²) >= 11 is 0. The van der Waals surface area contributed by atoms with Crippen molar-refractivity contribution in [1.29, 1.82) is 0 Å². The monoisotopic (exact) mass is 309 g/mol. The maximum Gasteiger partial charge on any atom is 0.119 e. The lowest BCUT2D eigenvalue weighted by molar-refractivity contribution is 0.321. The van der Waals surface area contributed by atoms with Crippen molar-refractivity contribution in [3.8, 4) is 5.75 Å². The molecule has 1 N–H and O–H groups in total. The van der Waals surface area contributed by atoms with Crippen LogP contribution in [0.3, 0.4) is 0 Å². The van der Waals surface area contributed by atoms with Gasteiger partial charge in [0.05, 0.1) is 13.2 Å². The zero-order valence-corrected chi connectivity index (χ0v) is 14.2. The molecule has 1 aliphatic carbocycles. The summed E-state index contributed by atoms with van der Waals surface area (Å²) in [5.41, 5.74) is 3.89. The van der Waals surface area contributed by atoms with E-state index in [-0.39, 0.29) is 0 Å². The van der Waals surface area contributed by atoms with Gasteiger partial charge in [-0.3, -0.25) is 0 Å². The van der Waals surface area contributed by atoms with Gasteiger partial charge in [-0.05, 0) is 55.5 Å². The van der Waals surface area contributed by atoms with Gasteiger partial charge >= 0.3 is 0 Å². The van der Waals surface area contributed by atoms with E-state index < -0.39 is 0 Å². The first kappa shape index (κ1) is 15.9. The Labute approximate surface area is 139 Å². The Balaban J connectivity index is 1.82. The van der Waals surface area contributed by atoms with Gasteiger partial charge in [-0.2, -0.15) is 0 Å². The number of hydrogen-bond acceptors (Lipinski definition) is 2. The Morgan fingerprint density at radius 1 is 0.913 bits per heavy atom. The van der Waals surface area contributed by atoms with Crippen LogP contribution in [0.25, 0.3) is 0 Å². The topological polar surface area (TPSA) is 21.3 Å². The van der Waals surface area contributed by atoms with Gasteiger partial charge in [-0.15, -0.1) is 0 Å². The smallest absolute Gasteiger partial charge is 0.119 e. The molecule has 0 aliphatic heterocycles. The second kappa shape index (κ2) is 7.54. The summed E-state index contributed by atoms with van der Waals surface area (Å²) in [5.74, 6) is 1.62. The first-order valence-electron chi connectivity index (χ1n) is 8.73. The standard InChI is InChI=1S/C21H27NO/c1-16-8-10-18(11-9-16)21(17-6-4-3-5-7-17)22-19-12-14-20(23-2)15-13-19/h8-15,17,21-22H,3-7H2,1-2H3. The van der Waals surface area contributed by atoms with Gasteiger partial charge < -0.3 is 10.1 Å². The van der Waals surface area contributed by atoms with Gasteiger partial charge in [0.25, 0.3) is 0 Å². The molecule has 0 saturated heterocycles. The first-order valence-corrected chi connectivity index (χ1v) is 8.73. The predicted molar refractivity (Wildman–Crippen MR) is 97.1 cm³/mol. The van der Waals surface area contributed by atoms with Crippen LogP contribution >= 0.6 is 0 Å². The number of ether oxygens (including phenoxy) is 1. The Bertz CT molecular complexity index is 597. The Morgan fingerprint density at radius 3 is 2.17 bits per heavy atom. The van der Waals surface area contributed by atoms with Crippen LogP contribution in [0, 0.1) is 12.8 Å². The fraction of sp³-hybridized carbons (Fsp3) is 0.429. The van der Waals surface area contributed by atoms with E-state index in [0.717, 1.165) is 5.75 Å². The Morgan fingerprint density at radius 2 is 1.57 bits per heavy atom. The molecule has 0 radical (unpaired) electrons. The average molecular weight is 309 g/mol. The van der Waals surface area contributed by atoms with E-state index in [4.69, 9.17) is 4.74 Å². The summed E-state index contributed by atoms with van der Waals surface area (Å²) in [5, 5.41) is 3.78. The van der Waals surface area contributed by atoms with Crippen LogP contribution in [-0.2, 0) is 0 Å². The molecule has 2 aromatic carbocycles. The highest BCUT2D eigenvalue weighted by Crippen LogP contribution is 2.37. The third-order valence-electron chi connectivity index (χ3n) is 4.97. The second-order valence-corrected chi connectivity index (χ2v) is 6.66. The molecule has 1 aliphatic rings. The number of methoxy groups -OCH3 is 1. The number of hydrogen-bond donors (Lipinski definition) is 1. The highest BCUT2D eigenvalue weighted by atomic mass is 16.5. The van der Waals surface area contributed by atoms with E-state index in [2.05, 4.69) is 48.6 Å². The molecule has 1 unspecified atom stereocenters. The van der Waals surface area contributed by atoms with Gasteiger partial charge in [0, 0.05) is 5.69 Å². The quantitative estimate of drug-likeness (QED) is 0.760. The van der Waals surface area contributed by atoms with Crippen LogP contribution in [-0.4, -0.2) is 7.11 Å². The van der Waals surface area contributed by atoms with Gasteiger partial charge in [0.2, 0.25) is 0 Å². The minimum absolute atomic E-state index is 0.393. The van der Waals surface area contributed by atoms with Gasteiger partial charge in [-0.1, -0.05) is 49.1 Å². The summed E-state index contributed by atoms with van der Waals surface area (Å²) in [6.45, 7) is 2.15. The van der Waals surface area contributed by atoms with E-state index in [0.29, 0.717) is 12.0 Å². The van der Waals surface area contributed by atoms with E-state index in [1.165, 1.54) is 48.9 Å². The minimum Gasteiger partial charge on any atom is -0.497 e. The second-order valence-electron chi connectivity index (χ2n) is 6.66. The first-order chi connectivity index (χ1) is 11.3. The van der Waals surface area contributed by atoms with E-state index in [1.807, 2.05) is 12.1 Å². The largest absolute Gasteiger partial charge is 0.497 e. The number of aryl methyl sites for hydroxylation is 1. The lowest BCUT2D eigenvalue weighted by atomic mass is 9.81. The molecule has 0 heterocycles. The molecule has 0 spiro atoms. The summed E-state index contributed by atoms with van der Waals surface area (Å²) in [4.78, 5) is 0. The molecule has 0 bridgehead atoms. The van der Waals surface area contributed by atoms with Gasteiger partial charge in [0.1, 0.15) is 5.75 Å². The predicted octanol–water partition coefficient (Wildman–Crippen LogP) is 5.74. The molecule has 3 rings (SSSR count). The molecule has 2 nitrogen and oxygen atoms in total. The van der Waals surface area contributed by atoms with Crippen LogP contribution in [0.1, 0.15) is 49.3 Å². The van der Waals surface area contributed by atoms with Crippen molar-refractivity contribution in [3.63, 3.8) is 0 Å². The number of nitrogens with one attached hydrogen (secondary N) is 1. The average Bonchev–Trinajstić information content (AvgIpc) is 2.62. The SMILES string of the molecule is COc1ccc(NC(c2ccc(C)cc2)C2CCCCC2)cc1. The van der Waals surface area contributed by atoms with E-state index in [9.17, 15) is 0 Å². The number of anilines is 1. The molecular formula is C21H27NO. The van der Waals surface area contributed by atoms with Crippen molar-refractivity contribution in [2.45, 2.75) is 45.1 Å². The number of rotatable bonds is 5.